The molecule has 0 radical (unpaired) electrons. The monoisotopic (exact) mass is 727 g/mol. The van der Waals surface area contributed by atoms with Crippen molar-refractivity contribution in [3.05, 3.63) is 67.8 Å². The molecule has 1 aliphatic carbocycles. The van der Waals surface area contributed by atoms with Crippen molar-refractivity contribution in [1.82, 2.24) is 18.8 Å². The number of benzene rings is 2. The van der Waals surface area contributed by atoms with E-state index in [1.165, 1.54) is 25.1 Å². The summed E-state index contributed by atoms with van der Waals surface area (Å²) in [5.41, 5.74) is 3.27. The largest absolute Gasteiger partial charge is 0.486 e. The Labute approximate surface area is 297 Å². The van der Waals surface area contributed by atoms with Gasteiger partial charge in [-0.15, -0.1) is 0 Å². The number of halogens is 1. The molecule has 6 rings (SSSR count). The maximum Gasteiger partial charge on any atom is 0.341 e. The number of nitrogens with zero attached hydrogens (tertiary/aromatic N) is 4. The Morgan fingerprint density at radius 2 is 1.78 bits per heavy atom. The van der Waals surface area contributed by atoms with Crippen molar-refractivity contribution in [3.8, 4) is 5.75 Å². The predicted octanol–water partition coefficient (Wildman–Crippen LogP) is 3.37. The number of hydrogen-bond acceptors (Lipinski definition) is 10. The van der Waals surface area contributed by atoms with E-state index >= 15 is 4.39 Å². The molecule has 15 heteroatoms. The van der Waals surface area contributed by atoms with Crippen LogP contribution in [0.1, 0.15) is 68.7 Å². The highest BCUT2D eigenvalue weighted by Crippen LogP contribution is 2.37. The van der Waals surface area contributed by atoms with Crippen LogP contribution in [0.5, 0.6) is 5.75 Å². The summed E-state index contributed by atoms with van der Waals surface area (Å²) >= 11 is 0. The number of ether oxygens (including phenoxy) is 2. The number of likely N-dealkylation sites (N-methyl/N-ethyl adjacent to an activating group) is 1. The van der Waals surface area contributed by atoms with Gasteiger partial charge in [-0.1, -0.05) is 0 Å². The number of nitrogens with one attached hydrogen (secondary N) is 1. The molecule has 1 saturated heterocycles. The number of piperazine rings is 1. The summed E-state index contributed by atoms with van der Waals surface area (Å²) in [5.74, 6) is -3.31. The summed E-state index contributed by atoms with van der Waals surface area (Å²) in [4.78, 5) is 46.5. The van der Waals surface area contributed by atoms with Gasteiger partial charge in [-0.25, -0.2) is 13.9 Å². The van der Waals surface area contributed by atoms with Gasteiger partial charge in [-0.3, -0.25) is 14.5 Å². The number of aryl methyl sites for hydroxylation is 2. The van der Waals surface area contributed by atoms with Crippen LogP contribution in [0.3, 0.4) is 0 Å². The molecule has 3 heterocycles. The molecule has 51 heavy (non-hydrogen) atoms. The van der Waals surface area contributed by atoms with E-state index in [1.807, 2.05) is 18.6 Å². The normalized spacial score (nSPS) is 18.8. The number of fused-ring (bicyclic) bond motifs is 3. The smallest absolute Gasteiger partial charge is 0.341 e. The fraction of sp³-hybridized carbons (Fsp3) is 0.528. The molecule has 0 unspecified atom stereocenters. The Hall–Kier alpha value is -4.05. The zero-order chi connectivity index (χ0) is 36.8. The summed E-state index contributed by atoms with van der Waals surface area (Å²) in [6, 6.07) is 4.70. The van der Waals surface area contributed by atoms with Crippen LogP contribution in [-0.4, -0.2) is 108 Å². The second-order valence-corrected chi connectivity index (χ2v) is 15.8. The highest BCUT2D eigenvalue weighted by atomic mass is 32.2. The lowest BCUT2D eigenvalue weighted by atomic mass is 9.92. The standard InChI is InChI=1S/C36H46FN5O8S/c1-21-17-29(41-16-15-40(5)23(18-41)20-48-6)22(2)32-30(21)25-13-14-42(19-28(25)36(45)50-32)35(44)26-11-12-27(34(43)38-51(46,47)39(3)4)33(31(26)37)49-24-9-7-8-10-24/h11-12,17,23-24H,7-10,13-16,18-20H2,1-6H3,(H,38,43)/t23-/m1/s1. The first-order chi connectivity index (χ1) is 24.2. The third-order valence-electron chi connectivity index (χ3n) is 10.4. The van der Waals surface area contributed by atoms with Crippen LogP contribution >= 0.6 is 0 Å². The molecule has 2 aliphatic heterocycles. The van der Waals surface area contributed by atoms with Crippen LogP contribution in [0, 0.1) is 19.7 Å². The molecule has 2 fully saturated rings. The summed E-state index contributed by atoms with van der Waals surface area (Å²) < 4.78 is 61.2. The van der Waals surface area contributed by atoms with Gasteiger partial charge in [0.15, 0.2) is 11.6 Å². The number of methoxy groups -OCH3 is 1. The second kappa shape index (κ2) is 14.5. The first-order valence-corrected chi connectivity index (χ1v) is 18.7. The lowest BCUT2D eigenvalue weighted by molar-refractivity contribution is 0.0725. The maximum atomic E-state index is 16.3. The minimum absolute atomic E-state index is 0.0919. The Balaban J connectivity index is 1.31. The van der Waals surface area contributed by atoms with Gasteiger partial charge in [0, 0.05) is 64.0 Å². The molecule has 2 aromatic carbocycles. The number of carbonyl (C=O) groups excluding carboxylic acids is 2. The SMILES string of the molecule is COC[C@H]1CN(c2cc(C)c3c4c(c(=O)oc3c2C)CN(C(=O)c2ccc(C(=O)NS(=O)(=O)N(C)C)c(OC3CCCC3)c2F)CC4)CCN1C. The zero-order valence-corrected chi connectivity index (χ0v) is 30.8. The van der Waals surface area contributed by atoms with E-state index in [0.717, 1.165) is 70.6 Å². The number of amides is 2. The first kappa shape index (κ1) is 36.7. The predicted molar refractivity (Wildman–Crippen MR) is 190 cm³/mol. The average molecular weight is 728 g/mol. The molecular formula is C36H46FN5O8S. The fourth-order valence-electron chi connectivity index (χ4n) is 7.41. The molecule has 2 amide bonds. The average Bonchev–Trinajstić information content (AvgIpc) is 3.61. The molecule has 1 atom stereocenters. The number of rotatable bonds is 9. The Bertz CT molecular complexity index is 2030. The molecule has 3 aliphatic rings. The minimum Gasteiger partial charge on any atom is -0.486 e. The van der Waals surface area contributed by atoms with E-state index in [4.69, 9.17) is 13.9 Å². The first-order valence-electron chi connectivity index (χ1n) is 17.3. The van der Waals surface area contributed by atoms with E-state index in [2.05, 4.69) is 22.9 Å². The van der Waals surface area contributed by atoms with Crippen LogP contribution < -0.4 is 20.0 Å². The molecule has 0 spiro atoms. The van der Waals surface area contributed by atoms with E-state index in [0.29, 0.717) is 37.0 Å². The zero-order valence-electron chi connectivity index (χ0n) is 30.0. The van der Waals surface area contributed by atoms with Crippen LogP contribution in [0.4, 0.5) is 10.1 Å². The minimum atomic E-state index is -4.18. The van der Waals surface area contributed by atoms with Gasteiger partial charge in [-0.2, -0.15) is 12.7 Å². The van der Waals surface area contributed by atoms with Gasteiger partial charge in [0.1, 0.15) is 5.58 Å². The van der Waals surface area contributed by atoms with E-state index in [1.54, 1.807) is 7.11 Å². The second-order valence-electron chi connectivity index (χ2n) is 13.9. The highest BCUT2D eigenvalue weighted by Gasteiger charge is 2.34. The van der Waals surface area contributed by atoms with Gasteiger partial charge in [-0.05, 0) is 82.3 Å². The van der Waals surface area contributed by atoms with Crippen molar-refractivity contribution in [1.29, 1.82) is 0 Å². The van der Waals surface area contributed by atoms with Gasteiger partial charge < -0.3 is 23.7 Å². The van der Waals surface area contributed by atoms with Crippen LogP contribution in [0.2, 0.25) is 0 Å². The van der Waals surface area contributed by atoms with Crippen molar-refractivity contribution in [2.45, 2.75) is 64.6 Å². The molecule has 276 valence electrons. The summed E-state index contributed by atoms with van der Waals surface area (Å²) in [7, 11) is 2.11. The quantitative estimate of drug-likeness (QED) is 0.326. The summed E-state index contributed by atoms with van der Waals surface area (Å²) in [6.07, 6.45) is 2.94. The summed E-state index contributed by atoms with van der Waals surface area (Å²) in [5, 5.41) is 0.849. The topological polar surface area (TPSA) is 142 Å². The maximum absolute atomic E-state index is 16.3. The van der Waals surface area contributed by atoms with Crippen molar-refractivity contribution in [2.24, 2.45) is 0 Å². The third-order valence-corrected chi connectivity index (χ3v) is 11.8. The van der Waals surface area contributed by atoms with Crippen LogP contribution in [0.15, 0.2) is 27.4 Å². The van der Waals surface area contributed by atoms with Gasteiger partial charge in [0.05, 0.1) is 42.0 Å². The molecule has 1 N–H and O–H groups in total. The lowest BCUT2D eigenvalue weighted by Crippen LogP contribution is -2.53. The molecular weight excluding hydrogens is 681 g/mol. The fourth-order valence-corrected chi connectivity index (χ4v) is 7.94. The van der Waals surface area contributed by atoms with Crippen molar-refractivity contribution in [3.63, 3.8) is 0 Å². The van der Waals surface area contributed by atoms with Crippen LogP contribution in [-0.2, 0) is 27.9 Å². The lowest BCUT2D eigenvalue weighted by Gasteiger charge is -2.41. The summed E-state index contributed by atoms with van der Waals surface area (Å²) in [6.45, 7) is 7.14. The number of hydrogen-bond donors (Lipinski definition) is 1. The number of anilines is 1. The third kappa shape index (κ3) is 7.08. The van der Waals surface area contributed by atoms with E-state index in [-0.39, 0.29) is 30.3 Å². The van der Waals surface area contributed by atoms with Gasteiger partial charge >= 0.3 is 15.8 Å². The van der Waals surface area contributed by atoms with E-state index in [9.17, 15) is 22.8 Å². The van der Waals surface area contributed by atoms with Crippen molar-refractivity contribution in [2.75, 3.05) is 65.9 Å². The Morgan fingerprint density at radius 3 is 2.47 bits per heavy atom. The van der Waals surface area contributed by atoms with Gasteiger partial charge in [0.2, 0.25) is 0 Å². The Kier molecular flexibility index (Phi) is 10.5. The highest BCUT2D eigenvalue weighted by molar-refractivity contribution is 7.87. The molecule has 13 nitrogen and oxygen atoms in total. The van der Waals surface area contributed by atoms with Crippen LogP contribution in [0.25, 0.3) is 11.0 Å². The molecule has 3 aromatic rings. The van der Waals surface area contributed by atoms with Crippen molar-refractivity contribution >= 4 is 38.7 Å². The number of carbonyl (C=O) groups is 2. The van der Waals surface area contributed by atoms with Crippen molar-refractivity contribution < 1.29 is 36.3 Å². The Morgan fingerprint density at radius 1 is 1.08 bits per heavy atom. The van der Waals surface area contributed by atoms with Gasteiger partial charge in [0.25, 0.3) is 11.8 Å². The van der Waals surface area contributed by atoms with E-state index < -0.39 is 45.3 Å². The molecule has 1 saturated carbocycles. The molecule has 1 aromatic heterocycles. The molecule has 0 bridgehead atoms.